The Morgan fingerprint density at radius 1 is 1.29 bits per heavy atom. The topological polar surface area (TPSA) is 83.6 Å². The van der Waals surface area contributed by atoms with Crippen LogP contribution in [-0.2, 0) is 10.0 Å². The van der Waals surface area contributed by atoms with Crippen LogP contribution < -0.4 is 10.0 Å². The first-order chi connectivity index (χ1) is 9.73. The third-order valence-corrected chi connectivity index (χ3v) is 4.91. The molecule has 0 fully saturated rings. The second kappa shape index (κ2) is 5.42. The van der Waals surface area contributed by atoms with E-state index in [1.54, 1.807) is 0 Å². The van der Waals surface area contributed by atoms with Crippen LogP contribution in [0, 0.1) is 5.82 Å². The first-order valence-corrected chi connectivity index (χ1v) is 7.58. The van der Waals surface area contributed by atoms with E-state index >= 15 is 0 Å². The van der Waals surface area contributed by atoms with Gasteiger partial charge in [-0.1, -0.05) is 17.7 Å². The van der Waals surface area contributed by atoms with E-state index in [1.165, 1.54) is 31.3 Å². The van der Waals surface area contributed by atoms with Gasteiger partial charge >= 0.3 is 0 Å². The van der Waals surface area contributed by atoms with Crippen molar-refractivity contribution in [1.82, 2.24) is 0 Å². The van der Waals surface area contributed by atoms with Gasteiger partial charge in [0.2, 0.25) is 0 Å². The van der Waals surface area contributed by atoms with Gasteiger partial charge in [-0.05, 0) is 24.3 Å². The molecule has 112 valence electrons. The summed E-state index contributed by atoms with van der Waals surface area (Å²) in [5, 5.41) is 9.03. The molecule has 3 N–H and O–H groups in total. The number of rotatable bonds is 3. The molecule has 0 spiro atoms. The van der Waals surface area contributed by atoms with Crippen molar-refractivity contribution in [3.63, 3.8) is 0 Å². The lowest BCUT2D eigenvalue weighted by molar-refractivity contribution is 0.475. The number of hydrogen-bond donors (Lipinski definition) is 2. The minimum Gasteiger partial charge on any atom is -0.508 e. The van der Waals surface area contributed by atoms with E-state index in [0.29, 0.717) is 0 Å². The Bertz CT molecular complexity index is 796. The summed E-state index contributed by atoms with van der Waals surface area (Å²) in [6.07, 6.45) is 0. The van der Waals surface area contributed by atoms with Crippen LogP contribution in [0.4, 0.5) is 15.8 Å². The van der Waals surface area contributed by atoms with E-state index in [-0.39, 0.29) is 22.1 Å². The number of halogens is 2. The van der Waals surface area contributed by atoms with Crippen molar-refractivity contribution in [3.8, 4) is 5.75 Å². The zero-order chi connectivity index (χ0) is 15.8. The molecule has 0 heterocycles. The maximum absolute atomic E-state index is 14.0. The molecule has 0 bridgehead atoms. The minimum atomic E-state index is -4.20. The normalized spacial score (nSPS) is 11.4. The average molecular weight is 331 g/mol. The van der Waals surface area contributed by atoms with E-state index in [2.05, 4.69) is 0 Å². The molecule has 0 aliphatic heterocycles. The minimum absolute atomic E-state index is 0.0317. The average Bonchev–Trinajstić information content (AvgIpc) is 2.41. The fraction of sp³-hybridized carbons (Fsp3) is 0.0769. The van der Waals surface area contributed by atoms with Gasteiger partial charge in [-0.25, -0.2) is 12.8 Å². The zero-order valence-electron chi connectivity index (χ0n) is 10.9. The van der Waals surface area contributed by atoms with Gasteiger partial charge in [0.1, 0.15) is 10.6 Å². The van der Waals surface area contributed by atoms with E-state index in [4.69, 9.17) is 17.3 Å². The van der Waals surface area contributed by atoms with Crippen LogP contribution in [0.15, 0.2) is 41.3 Å². The molecule has 0 aliphatic rings. The van der Waals surface area contributed by atoms with Gasteiger partial charge in [0.25, 0.3) is 10.0 Å². The number of benzene rings is 2. The summed E-state index contributed by atoms with van der Waals surface area (Å²) in [5.74, 6) is -1.18. The van der Waals surface area contributed by atoms with Gasteiger partial charge in [-0.3, -0.25) is 4.31 Å². The van der Waals surface area contributed by atoms with Crippen LogP contribution in [-0.4, -0.2) is 20.6 Å². The lowest BCUT2D eigenvalue weighted by atomic mass is 10.3. The second-order valence-corrected chi connectivity index (χ2v) is 6.65. The Morgan fingerprint density at radius 2 is 1.95 bits per heavy atom. The second-order valence-electron chi connectivity index (χ2n) is 4.31. The van der Waals surface area contributed by atoms with Crippen molar-refractivity contribution in [2.24, 2.45) is 0 Å². The highest BCUT2D eigenvalue weighted by atomic mass is 35.5. The summed E-state index contributed by atoms with van der Waals surface area (Å²) in [7, 11) is -2.96. The summed E-state index contributed by atoms with van der Waals surface area (Å²) < 4.78 is 39.7. The highest BCUT2D eigenvalue weighted by molar-refractivity contribution is 7.92. The molecule has 0 atom stereocenters. The molecule has 2 aromatic carbocycles. The number of hydrogen-bond acceptors (Lipinski definition) is 4. The van der Waals surface area contributed by atoms with E-state index in [1.807, 2.05) is 0 Å². The molecule has 8 heteroatoms. The predicted molar refractivity (Wildman–Crippen MR) is 79.5 cm³/mol. The van der Waals surface area contributed by atoms with Crippen molar-refractivity contribution >= 4 is 33.0 Å². The fourth-order valence-electron chi connectivity index (χ4n) is 1.75. The van der Waals surface area contributed by atoms with Crippen LogP contribution in [0.25, 0.3) is 0 Å². The molecule has 0 amide bonds. The number of phenols is 1. The van der Waals surface area contributed by atoms with E-state index in [0.717, 1.165) is 16.4 Å². The summed E-state index contributed by atoms with van der Waals surface area (Å²) in [6, 6.07) is 7.69. The van der Waals surface area contributed by atoms with Crippen LogP contribution in [0.1, 0.15) is 0 Å². The van der Waals surface area contributed by atoms with Crippen LogP contribution in [0.2, 0.25) is 5.02 Å². The fourth-order valence-corrected chi connectivity index (χ4v) is 3.34. The molecular formula is C13H12ClFN2O3S. The third-order valence-electron chi connectivity index (χ3n) is 2.85. The maximum atomic E-state index is 14.0. The molecule has 21 heavy (non-hydrogen) atoms. The lowest BCUT2D eigenvalue weighted by Crippen LogP contribution is -2.27. The van der Waals surface area contributed by atoms with Crippen LogP contribution >= 0.6 is 11.6 Å². The molecule has 0 saturated carbocycles. The smallest absolute Gasteiger partial charge is 0.267 e. The molecule has 5 nitrogen and oxygen atoms in total. The van der Waals surface area contributed by atoms with Crippen molar-refractivity contribution in [2.45, 2.75) is 4.90 Å². The SMILES string of the molecule is CN(c1cccc(O)c1)S(=O)(=O)c1cc(N)cc(Cl)c1F. The number of phenolic OH excluding ortho intramolecular Hbond substituents is 1. The molecule has 0 saturated heterocycles. The Balaban J connectivity index is 2.57. The number of nitrogens with zero attached hydrogens (tertiary/aromatic N) is 1. The first-order valence-electron chi connectivity index (χ1n) is 5.76. The van der Waals surface area contributed by atoms with Gasteiger partial charge in [0, 0.05) is 18.8 Å². The summed E-state index contributed by atoms with van der Waals surface area (Å²) in [6.45, 7) is 0. The van der Waals surface area contributed by atoms with Gasteiger partial charge in [-0.2, -0.15) is 0 Å². The summed E-state index contributed by atoms with van der Waals surface area (Å²) >= 11 is 5.62. The summed E-state index contributed by atoms with van der Waals surface area (Å²) in [4.78, 5) is -0.627. The maximum Gasteiger partial charge on any atom is 0.267 e. The number of aromatic hydroxyl groups is 1. The molecule has 2 aromatic rings. The van der Waals surface area contributed by atoms with Crippen LogP contribution in [0.5, 0.6) is 5.75 Å². The Kier molecular flexibility index (Phi) is 3.97. The van der Waals surface area contributed by atoms with Gasteiger partial charge < -0.3 is 10.8 Å². The first kappa shape index (κ1) is 15.4. The van der Waals surface area contributed by atoms with Crippen LogP contribution in [0.3, 0.4) is 0 Å². The Labute approximate surface area is 126 Å². The number of nitrogen functional groups attached to an aromatic ring is 1. The Morgan fingerprint density at radius 3 is 2.57 bits per heavy atom. The number of anilines is 2. The molecule has 0 radical (unpaired) electrons. The quantitative estimate of drug-likeness (QED) is 0.847. The van der Waals surface area contributed by atoms with Crippen molar-refractivity contribution in [1.29, 1.82) is 0 Å². The molecule has 0 aliphatic carbocycles. The largest absolute Gasteiger partial charge is 0.508 e. The van der Waals surface area contributed by atoms with Crippen molar-refractivity contribution < 1.29 is 17.9 Å². The molecule has 0 aromatic heterocycles. The Hall–Kier alpha value is -1.99. The van der Waals surface area contributed by atoms with E-state index < -0.39 is 20.7 Å². The molecule has 0 unspecified atom stereocenters. The van der Waals surface area contributed by atoms with Gasteiger partial charge in [-0.15, -0.1) is 0 Å². The monoisotopic (exact) mass is 330 g/mol. The number of nitrogens with two attached hydrogens (primary N) is 1. The highest BCUT2D eigenvalue weighted by Crippen LogP contribution is 2.30. The highest BCUT2D eigenvalue weighted by Gasteiger charge is 2.27. The molecular weight excluding hydrogens is 319 g/mol. The number of sulfonamides is 1. The lowest BCUT2D eigenvalue weighted by Gasteiger charge is -2.20. The third kappa shape index (κ3) is 2.88. The standard InChI is InChI=1S/C13H12ClFN2O3S/c1-17(9-3-2-4-10(18)7-9)21(19,20)12-6-8(16)5-11(14)13(12)15/h2-7,18H,16H2,1H3. The van der Waals surface area contributed by atoms with Crippen molar-refractivity contribution in [2.75, 3.05) is 17.1 Å². The van der Waals surface area contributed by atoms with E-state index in [9.17, 15) is 17.9 Å². The van der Waals surface area contributed by atoms with Crippen molar-refractivity contribution in [3.05, 3.63) is 47.2 Å². The predicted octanol–water partition coefficient (Wildman–Crippen LogP) is 2.59. The van der Waals surface area contributed by atoms with Gasteiger partial charge in [0.15, 0.2) is 5.82 Å². The zero-order valence-corrected chi connectivity index (χ0v) is 12.5. The summed E-state index contributed by atoms with van der Waals surface area (Å²) in [5.41, 5.74) is 5.72. The molecule has 2 rings (SSSR count). The van der Waals surface area contributed by atoms with Gasteiger partial charge in [0.05, 0.1) is 10.7 Å².